The summed E-state index contributed by atoms with van der Waals surface area (Å²) in [5.41, 5.74) is 1.31. The minimum atomic E-state index is -3.18. The molecule has 0 atom stereocenters. The Morgan fingerprint density at radius 1 is 1.11 bits per heavy atom. The zero-order valence-electron chi connectivity index (χ0n) is 16.6. The molecule has 4 rings (SSSR count). The maximum Gasteiger partial charge on any atom is 0.263 e. The van der Waals surface area contributed by atoms with Gasteiger partial charge in [0, 0.05) is 37.6 Å². The summed E-state index contributed by atoms with van der Waals surface area (Å²) in [5, 5.41) is 0.828. The molecule has 2 aliphatic rings. The molecule has 2 aromatic rings. The molecular formula is C19H28N4O3S2. The van der Waals surface area contributed by atoms with Gasteiger partial charge < -0.3 is 4.90 Å². The summed E-state index contributed by atoms with van der Waals surface area (Å²) >= 11 is 1.67. The second-order valence-corrected chi connectivity index (χ2v) is 10.8. The van der Waals surface area contributed by atoms with Gasteiger partial charge in [-0.1, -0.05) is 13.3 Å². The fraction of sp³-hybridized carbons (Fsp3) is 0.684. The van der Waals surface area contributed by atoms with Crippen molar-refractivity contribution in [3.05, 3.63) is 20.8 Å². The van der Waals surface area contributed by atoms with Crippen molar-refractivity contribution in [3.63, 3.8) is 0 Å². The minimum Gasteiger partial charge on any atom is -0.339 e. The van der Waals surface area contributed by atoms with Crippen LogP contribution in [-0.4, -0.2) is 54.7 Å². The molecule has 28 heavy (non-hydrogen) atoms. The molecular weight excluding hydrogens is 396 g/mol. The molecule has 154 valence electrons. The van der Waals surface area contributed by atoms with Crippen molar-refractivity contribution in [2.24, 2.45) is 0 Å². The van der Waals surface area contributed by atoms with Crippen molar-refractivity contribution in [1.82, 2.24) is 13.9 Å². The quantitative estimate of drug-likeness (QED) is 0.736. The number of hydrogen-bond donors (Lipinski definition) is 0. The van der Waals surface area contributed by atoms with Crippen LogP contribution in [0.25, 0.3) is 10.2 Å². The van der Waals surface area contributed by atoms with E-state index < -0.39 is 10.0 Å². The first-order chi connectivity index (χ1) is 13.4. The monoisotopic (exact) mass is 424 g/mol. The number of anilines is 1. The highest BCUT2D eigenvalue weighted by molar-refractivity contribution is 7.88. The molecule has 0 bridgehead atoms. The molecule has 0 spiro atoms. The molecule has 1 saturated heterocycles. The highest BCUT2D eigenvalue weighted by Gasteiger charge is 2.28. The van der Waals surface area contributed by atoms with Crippen LogP contribution >= 0.6 is 11.3 Å². The maximum absolute atomic E-state index is 13.5. The highest BCUT2D eigenvalue weighted by atomic mass is 32.2. The van der Waals surface area contributed by atoms with Crippen molar-refractivity contribution in [1.29, 1.82) is 0 Å². The lowest BCUT2D eigenvalue weighted by Crippen LogP contribution is -2.50. The van der Waals surface area contributed by atoms with Crippen LogP contribution in [0.3, 0.4) is 0 Å². The van der Waals surface area contributed by atoms with Crippen LogP contribution < -0.4 is 10.5 Å². The smallest absolute Gasteiger partial charge is 0.263 e. The van der Waals surface area contributed by atoms with E-state index in [4.69, 9.17) is 4.98 Å². The van der Waals surface area contributed by atoms with Gasteiger partial charge in [-0.3, -0.25) is 9.36 Å². The Kier molecular flexibility index (Phi) is 5.50. The average Bonchev–Trinajstić information content (AvgIpc) is 3.05. The number of piperazine rings is 1. The lowest BCUT2D eigenvalue weighted by molar-refractivity contribution is 0.382. The van der Waals surface area contributed by atoms with E-state index in [1.807, 2.05) is 4.57 Å². The van der Waals surface area contributed by atoms with Gasteiger partial charge in [0.25, 0.3) is 5.56 Å². The van der Waals surface area contributed by atoms with Crippen molar-refractivity contribution < 1.29 is 8.42 Å². The Hall–Kier alpha value is -1.45. The van der Waals surface area contributed by atoms with E-state index >= 15 is 0 Å². The lowest BCUT2D eigenvalue weighted by atomic mass is 9.97. The van der Waals surface area contributed by atoms with Gasteiger partial charge in [-0.2, -0.15) is 4.31 Å². The molecule has 1 fully saturated rings. The molecule has 0 aromatic carbocycles. The van der Waals surface area contributed by atoms with Gasteiger partial charge in [0.1, 0.15) is 4.83 Å². The first-order valence-electron chi connectivity index (χ1n) is 10.1. The summed E-state index contributed by atoms with van der Waals surface area (Å²) in [6.45, 7) is 4.76. The molecule has 0 radical (unpaired) electrons. The largest absolute Gasteiger partial charge is 0.339 e. The second-order valence-electron chi connectivity index (χ2n) is 7.76. The highest BCUT2D eigenvalue weighted by Crippen LogP contribution is 2.34. The molecule has 9 heteroatoms. The Bertz CT molecular complexity index is 1030. The van der Waals surface area contributed by atoms with E-state index in [1.165, 1.54) is 27.4 Å². The molecule has 7 nitrogen and oxygen atoms in total. The molecule has 0 saturated carbocycles. The standard InChI is InChI=1S/C19H28N4O3S2/c1-3-4-9-23-18(24)16-14-7-5-6-8-15(14)27-17(16)20-19(23)21-10-12-22(13-11-21)28(2,25)26/h3-13H2,1-2H3. The molecule has 1 aliphatic carbocycles. The fourth-order valence-corrected chi connectivity index (χ4v) is 6.28. The van der Waals surface area contributed by atoms with E-state index in [9.17, 15) is 13.2 Å². The van der Waals surface area contributed by atoms with Crippen LogP contribution in [0.4, 0.5) is 5.95 Å². The minimum absolute atomic E-state index is 0.0818. The van der Waals surface area contributed by atoms with Crippen LogP contribution in [0, 0.1) is 0 Å². The van der Waals surface area contributed by atoms with E-state index in [-0.39, 0.29) is 5.56 Å². The van der Waals surface area contributed by atoms with Gasteiger partial charge in [-0.15, -0.1) is 11.3 Å². The van der Waals surface area contributed by atoms with Crippen molar-refractivity contribution >= 4 is 37.5 Å². The Morgan fingerprint density at radius 3 is 2.50 bits per heavy atom. The topological polar surface area (TPSA) is 75.5 Å². The maximum atomic E-state index is 13.5. The Labute approximate surface area is 170 Å². The molecule has 0 unspecified atom stereocenters. The van der Waals surface area contributed by atoms with Crippen molar-refractivity contribution in [3.8, 4) is 0 Å². The van der Waals surface area contributed by atoms with Gasteiger partial charge in [0.2, 0.25) is 16.0 Å². The molecule has 0 N–H and O–H groups in total. The second kappa shape index (κ2) is 7.76. The number of hydrogen-bond acceptors (Lipinski definition) is 6. The number of unbranched alkanes of at least 4 members (excludes halogenated alkanes) is 1. The van der Waals surface area contributed by atoms with Crippen LogP contribution in [0.15, 0.2) is 4.79 Å². The van der Waals surface area contributed by atoms with Gasteiger partial charge in [0.05, 0.1) is 11.6 Å². The summed E-state index contributed by atoms with van der Waals surface area (Å²) in [7, 11) is -3.18. The van der Waals surface area contributed by atoms with Crippen molar-refractivity contribution in [2.75, 3.05) is 37.3 Å². The Balaban J connectivity index is 1.76. The van der Waals surface area contributed by atoms with Gasteiger partial charge in [-0.25, -0.2) is 13.4 Å². The number of aromatic nitrogens is 2. The van der Waals surface area contributed by atoms with Crippen LogP contribution in [0.2, 0.25) is 0 Å². The van der Waals surface area contributed by atoms with E-state index in [0.29, 0.717) is 38.7 Å². The lowest BCUT2D eigenvalue weighted by Gasteiger charge is -2.34. The summed E-state index contributed by atoms with van der Waals surface area (Å²) in [5.74, 6) is 0.706. The summed E-state index contributed by atoms with van der Waals surface area (Å²) in [6.07, 6.45) is 7.54. The molecule has 0 amide bonds. The predicted molar refractivity (Wildman–Crippen MR) is 114 cm³/mol. The number of thiophene rings is 1. The third-order valence-corrected chi connectivity index (χ3v) is 8.27. The van der Waals surface area contributed by atoms with Gasteiger partial charge >= 0.3 is 0 Å². The zero-order chi connectivity index (χ0) is 19.9. The first-order valence-corrected chi connectivity index (χ1v) is 12.8. The summed E-state index contributed by atoms with van der Waals surface area (Å²) in [4.78, 5) is 22.7. The third-order valence-electron chi connectivity index (χ3n) is 5.78. The van der Waals surface area contributed by atoms with Gasteiger partial charge in [0.15, 0.2) is 0 Å². The molecule has 1 aliphatic heterocycles. The molecule has 2 aromatic heterocycles. The van der Waals surface area contributed by atoms with Crippen LogP contribution in [0.1, 0.15) is 43.0 Å². The SMILES string of the molecule is CCCCn1c(N2CCN(S(C)(=O)=O)CC2)nc2sc3c(c2c1=O)CCCC3. The normalized spacial score (nSPS) is 18.6. The van der Waals surface area contributed by atoms with Gasteiger partial charge in [-0.05, 0) is 37.7 Å². The fourth-order valence-electron chi connectivity index (χ4n) is 4.21. The number of fused-ring (bicyclic) bond motifs is 3. The first kappa shape index (κ1) is 19.8. The third kappa shape index (κ3) is 3.59. The number of nitrogens with zero attached hydrogens (tertiary/aromatic N) is 4. The van der Waals surface area contributed by atoms with E-state index in [2.05, 4.69) is 11.8 Å². The van der Waals surface area contributed by atoms with E-state index in [1.54, 1.807) is 11.3 Å². The predicted octanol–water partition coefficient (Wildman–Crippen LogP) is 2.22. The van der Waals surface area contributed by atoms with Crippen LogP contribution in [0.5, 0.6) is 0 Å². The zero-order valence-corrected chi connectivity index (χ0v) is 18.2. The Morgan fingerprint density at radius 2 is 1.82 bits per heavy atom. The summed E-state index contributed by atoms with van der Waals surface area (Å²) < 4.78 is 27.0. The average molecular weight is 425 g/mol. The number of aryl methyl sites for hydroxylation is 2. The number of sulfonamides is 1. The van der Waals surface area contributed by atoms with E-state index in [0.717, 1.165) is 42.3 Å². The van der Waals surface area contributed by atoms with Crippen molar-refractivity contribution in [2.45, 2.75) is 52.0 Å². The summed E-state index contributed by atoms with van der Waals surface area (Å²) in [6, 6.07) is 0. The number of rotatable bonds is 5. The van der Waals surface area contributed by atoms with Crippen LogP contribution in [-0.2, 0) is 29.4 Å². The molecule has 3 heterocycles.